The molecular formula is C23H21F3N4O2. The number of nitrogens with zero attached hydrogens (tertiary/aromatic N) is 3. The van der Waals surface area contributed by atoms with Crippen LogP contribution in [0.1, 0.15) is 67.3 Å². The van der Waals surface area contributed by atoms with Gasteiger partial charge in [-0.05, 0) is 35.6 Å². The molecule has 0 saturated carbocycles. The molecular weight excluding hydrogens is 421 g/mol. The van der Waals surface area contributed by atoms with Gasteiger partial charge in [0.2, 0.25) is 5.95 Å². The van der Waals surface area contributed by atoms with Crippen LogP contribution in [0.2, 0.25) is 0 Å². The first kappa shape index (κ1) is 20.5. The van der Waals surface area contributed by atoms with Gasteiger partial charge in [0, 0.05) is 23.6 Å². The Balaban J connectivity index is 1.63. The van der Waals surface area contributed by atoms with E-state index in [4.69, 9.17) is 4.42 Å². The molecule has 9 heteroatoms. The van der Waals surface area contributed by atoms with Crippen LogP contribution < -0.4 is 5.32 Å². The van der Waals surface area contributed by atoms with Gasteiger partial charge in [0.05, 0.1) is 6.26 Å². The van der Waals surface area contributed by atoms with Gasteiger partial charge < -0.3 is 9.73 Å². The molecule has 0 fully saturated rings. The number of aromatic nitrogens is 3. The highest BCUT2D eigenvalue weighted by Crippen LogP contribution is 2.45. The van der Waals surface area contributed by atoms with Gasteiger partial charge in [0.1, 0.15) is 11.8 Å². The first-order chi connectivity index (χ1) is 15.2. The zero-order chi connectivity index (χ0) is 22.6. The van der Waals surface area contributed by atoms with E-state index in [2.05, 4.69) is 29.2 Å². The van der Waals surface area contributed by atoms with Crippen LogP contribution in [-0.2, 0) is 11.0 Å². The van der Waals surface area contributed by atoms with Gasteiger partial charge >= 0.3 is 6.18 Å². The minimum Gasteiger partial charge on any atom is -0.469 e. The number of rotatable bonds is 3. The van der Waals surface area contributed by atoms with Crippen LogP contribution in [0.5, 0.6) is 0 Å². The molecule has 1 aliphatic carbocycles. The summed E-state index contributed by atoms with van der Waals surface area (Å²) >= 11 is 0. The molecule has 1 N–H and O–H groups in total. The number of anilines is 1. The molecule has 3 heterocycles. The van der Waals surface area contributed by atoms with Crippen molar-refractivity contribution in [2.45, 2.75) is 50.7 Å². The largest absolute Gasteiger partial charge is 0.469 e. The Morgan fingerprint density at radius 1 is 1.16 bits per heavy atom. The molecule has 166 valence electrons. The number of furan rings is 1. The predicted molar refractivity (Wildman–Crippen MR) is 110 cm³/mol. The lowest BCUT2D eigenvalue weighted by molar-refractivity contribution is -0.145. The Labute approximate surface area is 182 Å². The molecule has 0 saturated heterocycles. The van der Waals surface area contributed by atoms with Crippen molar-refractivity contribution in [1.29, 1.82) is 0 Å². The average Bonchev–Trinajstić information content (AvgIpc) is 3.42. The maximum absolute atomic E-state index is 13.4. The smallest absolute Gasteiger partial charge is 0.453 e. The lowest BCUT2D eigenvalue weighted by atomic mass is 9.79. The van der Waals surface area contributed by atoms with Crippen LogP contribution in [0.25, 0.3) is 0 Å². The average molecular weight is 442 g/mol. The Morgan fingerprint density at radius 3 is 2.53 bits per heavy atom. The Bertz CT molecular complexity index is 1190. The molecule has 0 amide bonds. The van der Waals surface area contributed by atoms with Crippen molar-refractivity contribution in [1.82, 2.24) is 14.8 Å². The molecule has 0 unspecified atom stereocenters. The van der Waals surface area contributed by atoms with E-state index >= 15 is 0 Å². The molecule has 2 atom stereocenters. The van der Waals surface area contributed by atoms with Crippen LogP contribution in [-0.4, -0.2) is 20.5 Å². The molecule has 5 rings (SSSR count). The van der Waals surface area contributed by atoms with E-state index in [1.807, 2.05) is 24.3 Å². The Kier molecular flexibility index (Phi) is 4.72. The van der Waals surface area contributed by atoms with Crippen LogP contribution in [0.3, 0.4) is 0 Å². The van der Waals surface area contributed by atoms with Crippen molar-refractivity contribution in [2.75, 3.05) is 5.32 Å². The fraction of sp³-hybridized carbons (Fsp3) is 0.348. The number of carbonyl (C=O) groups excluding carboxylic acids is 1. The van der Waals surface area contributed by atoms with Crippen LogP contribution >= 0.6 is 0 Å². The molecule has 0 spiro atoms. The highest BCUT2D eigenvalue weighted by molar-refractivity contribution is 6.00. The molecule has 2 aliphatic rings. The van der Waals surface area contributed by atoms with E-state index in [1.54, 1.807) is 18.4 Å². The van der Waals surface area contributed by atoms with Crippen molar-refractivity contribution in [3.63, 3.8) is 0 Å². The van der Waals surface area contributed by atoms with Crippen molar-refractivity contribution < 1.29 is 22.4 Å². The number of hydrogen-bond acceptors (Lipinski definition) is 5. The standard InChI is InChI=1S/C23H21F3N4O2/c1-12(2)13-5-7-14(8-6-13)20-19-16(10-15(11-17(19)31)18-4-3-9-32-18)27-22-28-21(23(24,25)26)29-30(20)22/h3-9,12,15,20H,10-11H2,1-2H3,(H,27,28,29)/t15-,20-/m0/s1. The Morgan fingerprint density at radius 2 is 1.91 bits per heavy atom. The minimum atomic E-state index is -4.70. The summed E-state index contributed by atoms with van der Waals surface area (Å²) in [5, 5.41) is 6.69. The molecule has 3 aromatic rings. The van der Waals surface area contributed by atoms with Gasteiger partial charge in [-0.2, -0.15) is 18.2 Å². The summed E-state index contributed by atoms with van der Waals surface area (Å²) in [6.07, 6.45) is -2.50. The zero-order valence-corrected chi connectivity index (χ0v) is 17.5. The number of fused-ring (bicyclic) bond motifs is 1. The van der Waals surface area contributed by atoms with Crippen LogP contribution in [0.15, 0.2) is 58.3 Å². The first-order valence-electron chi connectivity index (χ1n) is 10.4. The third kappa shape index (κ3) is 3.41. The molecule has 32 heavy (non-hydrogen) atoms. The van der Waals surface area contributed by atoms with E-state index < -0.39 is 18.0 Å². The number of hydrogen-bond donors (Lipinski definition) is 1. The molecule has 1 aromatic carbocycles. The summed E-state index contributed by atoms with van der Waals surface area (Å²) in [4.78, 5) is 17.0. The van der Waals surface area contributed by atoms with Crippen LogP contribution in [0, 0.1) is 0 Å². The summed E-state index contributed by atoms with van der Waals surface area (Å²) in [7, 11) is 0. The summed E-state index contributed by atoms with van der Waals surface area (Å²) < 4.78 is 46.8. The van der Waals surface area contributed by atoms with Gasteiger partial charge in [0.25, 0.3) is 5.82 Å². The second-order valence-electron chi connectivity index (χ2n) is 8.49. The fourth-order valence-electron chi connectivity index (χ4n) is 4.43. The zero-order valence-electron chi connectivity index (χ0n) is 17.5. The summed E-state index contributed by atoms with van der Waals surface area (Å²) in [5.41, 5.74) is 2.78. The second kappa shape index (κ2) is 7.36. The summed E-state index contributed by atoms with van der Waals surface area (Å²) in [5.74, 6) is -0.624. The number of Topliss-reactive ketones (excluding diaryl/α,β-unsaturated/α-hetero) is 1. The van der Waals surface area contributed by atoms with Gasteiger partial charge in [-0.25, -0.2) is 4.68 Å². The lowest BCUT2D eigenvalue weighted by Crippen LogP contribution is -2.33. The molecule has 0 bridgehead atoms. The van der Waals surface area contributed by atoms with Gasteiger partial charge in [0.15, 0.2) is 5.78 Å². The number of allylic oxidation sites excluding steroid dienone is 2. The highest BCUT2D eigenvalue weighted by Gasteiger charge is 2.43. The van der Waals surface area contributed by atoms with Gasteiger partial charge in [-0.15, -0.1) is 5.10 Å². The SMILES string of the molecule is CC(C)c1ccc([C@H]2C3=C(C[C@H](c4ccco4)CC3=O)Nc3nc(C(F)(F)F)nn32)cc1. The number of carbonyl (C=O) groups is 1. The maximum Gasteiger partial charge on any atom is 0.453 e. The quantitative estimate of drug-likeness (QED) is 0.586. The maximum atomic E-state index is 13.4. The van der Waals surface area contributed by atoms with Gasteiger partial charge in [-0.1, -0.05) is 38.1 Å². The van der Waals surface area contributed by atoms with Crippen molar-refractivity contribution >= 4 is 11.7 Å². The molecule has 1 aliphatic heterocycles. The molecule has 0 radical (unpaired) electrons. The van der Waals surface area contributed by atoms with Crippen molar-refractivity contribution in [3.05, 3.63) is 76.6 Å². The second-order valence-corrected chi connectivity index (χ2v) is 8.49. The molecule has 6 nitrogen and oxygen atoms in total. The summed E-state index contributed by atoms with van der Waals surface area (Å²) in [6, 6.07) is 10.3. The van der Waals surface area contributed by atoms with Crippen molar-refractivity contribution in [3.8, 4) is 0 Å². The van der Waals surface area contributed by atoms with E-state index in [-0.39, 0.29) is 24.1 Å². The summed E-state index contributed by atoms with van der Waals surface area (Å²) in [6.45, 7) is 4.12. The van der Waals surface area contributed by atoms with Crippen LogP contribution in [0.4, 0.5) is 19.1 Å². The highest BCUT2D eigenvalue weighted by atomic mass is 19.4. The molecule has 2 aromatic heterocycles. The van der Waals surface area contributed by atoms with Gasteiger partial charge in [-0.3, -0.25) is 4.79 Å². The first-order valence-corrected chi connectivity index (χ1v) is 10.4. The third-order valence-electron chi connectivity index (χ3n) is 6.04. The normalized spacial score (nSPS) is 20.9. The number of ketones is 1. The van der Waals surface area contributed by atoms with E-state index in [0.29, 0.717) is 34.9 Å². The topological polar surface area (TPSA) is 73.0 Å². The number of benzene rings is 1. The Hall–Kier alpha value is -3.36. The number of halogens is 3. The third-order valence-corrected chi connectivity index (χ3v) is 6.04. The number of alkyl halides is 3. The van der Waals surface area contributed by atoms with E-state index in [1.165, 1.54) is 4.68 Å². The van der Waals surface area contributed by atoms with E-state index in [0.717, 1.165) is 5.56 Å². The monoisotopic (exact) mass is 442 g/mol. The fourth-order valence-corrected chi connectivity index (χ4v) is 4.43. The number of nitrogens with one attached hydrogen (secondary N) is 1. The minimum absolute atomic E-state index is 0.0260. The van der Waals surface area contributed by atoms with Crippen molar-refractivity contribution in [2.24, 2.45) is 0 Å². The lowest BCUT2D eigenvalue weighted by Gasteiger charge is -2.34. The van der Waals surface area contributed by atoms with E-state index in [9.17, 15) is 18.0 Å². The predicted octanol–water partition coefficient (Wildman–Crippen LogP) is 5.43.